The van der Waals surface area contributed by atoms with E-state index in [1.807, 2.05) is 32.4 Å². The Kier molecular flexibility index (Phi) is 2.51. The van der Waals surface area contributed by atoms with Gasteiger partial charge in [-0.3, -0.25) is 9.67 Å². The first-order valence-electron chi connectivity index (χ1n) is 4.83. The fourth-order valence-corrected chi connectivity index (χ4v) is 1.61. The summed E-state index contributed by atoms with van der Waals surface area (Å²) in [5, 5.41) is 4.11. The van der Waals surface area contributed by atoms with E-state index in [4.69, 9.17) is 5.73 Å². The van der Waals surface area contributed by atoms with Crippen molar-refractivity contribution in [1.82, 2.24) is 14.8 Å². The number of rotatable bonds is 2. The minimum Gasteiger partial charge on any atom is -0.320 e. The van der Waals surface area contributed by atoms with Gasteiger partial charge in [0.25, 0.3) is 0 Å². The summed E-state index contributed by atoms with van der Waals surface area (Å²) < 4.78 is 1.76. The molecule has 2 heterocycles. The fourth-order valence-electron chi connectivity index (χ4n) is 1.61. The molecule has 0 radical (unpaired) electrons. The highest BCUT2D eigenvalue weighted by Gasteiger charge is 2.12. The molecule has 0 aliphatic heterocycles. The maximum absolute atomic E-state index is 6.15. The SMILES string of the molecule is Cc1cnccc1C(N)c1cnn(C)c1. The number of nitrogens with zero attached hydrogens (tertiary/aromatic N) is 3. The van der Waals surface area contributed by atoms with Gasteiger partial charge in [0.2, 0.25) is 0 Å². The molecule has 4 heteroatoms. The lowest BCUT2D eigenvalue weighted by atomic mass is 10.00. The number of aryl methyl sites for hydroxylation is 2. The van der Waals surface area contributed by atoms with Crippen LogP contribution < -0.4 is 5.73 Å². The predicted octanol–water partition coefficient (Wildman–Crippen LogP) is 1.17. The normalized spacial score (nSPS) is 12.7. The molecule has 0 amide bonds. The molecular formula is C11H14N4. The highest BCUT2D eigenvalue weighted by Crippen LogP contribution is 2.20. The molecule has 0 aromatic carbocycles. The van der Waals surface area contributed by atoms with Crippen molar-refractivity contribution in [2.75, 3.05) is 0 Å². The van der Waals surface area contributed by atoms with Crippen molar-refractivity contribution in [3.8, 4) is 0 Å². The van der Waals surface area contributed by atoms with Crippen molar-refractivity contribution in [2.45, 2.75) is 13.0 Å². The van der Waals surface area contributed by atoms with Crippen LogP contribution in [0.5, 0.6) is 0 Å². The number of hydrogen-bond donors (Lipinski definition) is 1. The van der Waals surface area contributed by atoms with Crippen molar-refractivity contribution in [1.29, 1.82) is 0 Å². The Morgan fingerprint density at radius 3 is 2.80 bits per heavy atom. The van der Waals surface area contributed by atoms with Gasteiger partial charge in [0.1, 0.15) is 0 Å². The summed E-state index contributed by atoms with van der Waals surface area (Å²) in [5.74, 6) is 0. The van der Waals surface area contributed by atoms with Gasteiger partial charge in [0.15, 0.2) is 0 Å². The van der Waals surface area contributed by atoms with Gasteiger partial charge in [-0.1, -0.05) is 0 Å². The van der Waals surface area contributed by atoms with Crippen LogP contribution in [0, 0.1) is 6.92 Å². The van der Waals surface area contributed by atoms with Gasteiger partial charge in [-0.2, -0.15) is 5.10 Å². The van der Waals surface area contributed by atoms with E-state index in [2.05, 4.69) is 10.1 Å². The molecule has 78 valence electrons. The average molecular weight is 202 g/mol. The second kappa shape index (κ2) is 3.82. The second-order valence-corrected chi connectivity index (χ2v) is 3.66. The first-order valence-corrected chi connectivity index (χ1v) is 4.83. The summed E-state index contributed by atoms with van der Waals surface area (Å²) >= 11 is 0. The molecular weight excluding hydrogens is 188 g/mol. The van der Waals surface area contributed by atoms with Crippen molar-refractivity contribution < 1.29 is 0 Å². The molecule has 0 spiro atoms. The molecule has 2 aromatic rings. The Labute approximate surface area is 88.8 Å². The second-order valence-electron chi connectivity index (χ2n) is 3.66. The molecule has 0 saturated carbocycles. The minimum absolute atomic E-state index is 0.123. The van der Waals surface area contributed by atoms with Crippen molar-refractivity contribution >= 4 is 0 Å². The Bertz CT molecular complexity index is 461. The molecule has 1 atom stereocenters. The summed E-state index contributed by atoms with van der Waals surface area (Å²) in [7, 11) is 1.88. The van der Waals surface area contributed by atoms with Crippen LogP contribution in [0.3, 0.4) is 0 Å². The minimum atomic E-state index is -0.123. The highest BCUT2D eigenvalue weighted by molar-refractivity contribution is 5.32. The molecule has 0 aliphatic carbocycles. The maximum Gasteiger partial charge on any atom is 0.0586 e. The van der Waals surface area contributed by atoms with Crippen LogP contribution in [0.1, 0.15) is 22.7 Å². The lowest BCUT2D eigenvalue weighted by molar-refractivity contribution is 0.764. The van der Waals surface area contributed by atoms with E-state index in [0.29, 0.717) is 0 Å². The van der Waals surface area contributed by atoms with E-state index in [-0.39, 0.29) is 6.04 Å². The molecule has 2 N–H and O–H groups in total. The molecule has 0 bridgehead atoms. The third kappa shape index (κ3) is 1.89. The van der Waals surface area contributed by atoms with Gasteiger partial charge in [0.05, 0.1) is 12.2 Å². The average Bonchev–Trinajstić information content (AvgIpc) is 2.65. The maximum atomic E-state index is 6.15. The van der Waals surface area contributed by atoms with E-state index in [0.717, 1.165) is 16.7 Å². The first kappa shape index (κ1) is 9.86. The smallest absolute Gasteiger partial charge is 0.0586 e. The molecule has 4 nitrogen and oxygen atoms in total. The van der Waals surface area contributed by atoms with Crippen molar-refractivity contribution in [2.24, 2.45) is 12.8 Å². The van der Waals surface area contributed by atoms with Crippen LogP contribution in [-0.4, -0.2) is 14.8 Å². The Morgan fingerprint density at radius 2 is 2.20 bits per heavy atom. The van der Waals surface area contributed by atoms with E-state index < -0.39 is 0 Å². The van der Waals surface area contributed by atoms with Gasteiger partial charge in [-0.25, -0.2) is 0 Å². The number of nitrogens with two attached hydrogens (primary N) is 1. The Balaban J connectivity index is 2.36. The molecule has 15 heavy (non-hydrogen) atoms. The zero-order chi connectivity index (χ0) is 10.8. The predicted molar refractivity (Wildman–Crippen MR) is 58.2 cm³/mol. The van der Waals surface area contributed by atoms with Gasteiger partial charge >= 0.3 is 0 Å². The largest absolute Gasteiger partial charge is 0.320 e. The molecule has 2 rings (SSSR count). The Morgan fingerprint density at radius 1 is 1.40 bits per heavy atom. The molecule has 0 saturated heterocycles. The monoisotopic (exact) mass is 202 g/mol. The topological polar surface area (TPSA) is 56.7 Å². The third-order valence-corrected chi connectivity index (χ3v) is 2.48. The van der Waals surface area contributed by atoms with Crippen LogP contribution in [-0.2, 0) is 7.05 Å². The zero-order valence-corrected chi connectivity index (χ0v) is 8.88. The van der Waals surface area contributed by atoms with Gasteiger partial charge in [-0.15, -0.1) is 0 Å². The molecule has 1 unspecified atom stereocenters. The summed E-state index contributed by atoms with van der Waals surface area (Å²) in [5.41, 5.74) is 9.37. The lowest BCUT2D eigenvalue weighted by Gasteiger charge is -2.11. The fraction of sp³-hybridized carbons (Fsp3) is 0.273. The van der Waals surface area contributed by atoms with E-state index in [1.165, 1.54) is 0 Å². The van der Waals surface area contributed by atoms with Crippen molar-refractivity contribution in [3.05, 3.63) is 47.5 Å². The molecule has 2 aromatic heterocycles. The standard InChI is InChI=1S/C11H14N4/c1-8-5-13-4-3-10(8)11(12)9-6-14-15(2)7-9/h3-7,11H,12H2,1-2H3. The Hall–Kier alpha value is -1.68. The van der Waals surface area contributed by atoms with Gasteiger partial charge in [-0.05, 0) is 24.1 Å². The molecule has 0 fully saturated rings. The molecule has 0 aliphatic rings. The number of aromatic nitrogens is 3. The van der Waals surface area contributed by atoms with E-state index in [1.54, 1.807) is 17.1 Å². The van der Waals surface area contributed by atoms with Gasteiger partial charge < -0.3 is 5.73 Å². The third-order valence-electron chi connectivity index (χ3n) is 2.48. The van der Waals surface area contributed by atoms with Crippen LogP contribution >= 0.6 is 0 Å². The summed E-state index contributed by atoms with van der Waals surface area (Å²) in [6.45, 7) is 2.01. The van der Waals surface area contributed by atoms with Crippen molar-refractivity contribution in [3.63, 3.8) is 0 Å². The summed E-state index contributed by atoms with van der Waals surface area (Å²) in [6, 6.07) is 1.83. The lowest BCUT2D eigenvalue weighted by Crippen LogP contribution is -2.12. The van der Waals surface area contributed by atoms with Crippen LogP contribution in [0.15, 0.2) is 30.9 Å². The number of hydrogen-bond acceptors (Lipinski definition) is 3. The van der Waals surface area contributed by atoms with Crippen LogP contribution in [0.2, 0.25) is 0 Å². The summed E-state index contributed by atoms with van der Waals surface area (Å²) in [6.07, 6.45) is 7.32. The van der Waals surface area contributed by atoms with Crippen LogP contribution in [0.4, 0.5) is 0 Å². The summed E-state index contributed by atoms with van der Waals surface area (Å²) in [4.78, 5) is 4.05. The highest BCUT2D eigenvalue weighted by atomic mass is 15.2. The quantitative estimate of drug-likeness (QED) is 0.795. The first-order chi connectivity index (χ1) is 7.18. The zero-order valence-electron chi connectivity index (χ0n) is 8.88. The van der Waals surface area contributed by atoms with Crippen LogP contribution in [0.25, 0.3) is 0 Å². The van der Waals surface area contributed by atoms with E-state index >= 15 is 0 Å². The van der Waals surface area contributed by atoms with E-state index in [9.17, 15) is 0 Å². The number of pyridine rings is 1. The van der Waals surface area contributed by atoms with Gasteiger partial charge in [0, 0.05) is 31.2 Å².